The molecule has 1 atom stereocenters. The quantitative estimate of drug-likeness (QED) is 0.852. The number of anilines is 1. The first kappa shape index (κ1) is 15.0. The minimum atomic E-state index is -0.689. The number of nitrogens with two attached hydrogens (primary N) is 1. The van der Waals surface area contributed by atoms with E-state index in [4.69, 9.17) is 5.73 Å². The van der Waals surface area contributed by atoms with Crippen LogP contribution >= 0.6 is 0 Å². The average molecular weight is 290 g/mol. The van der Waals surface area contributed by atoms with Crippen molar-refractivity contribution in [2.45, 2.75) is 19.9 Å². The van der Waals surface area contributed by atoms with Crippen LogP contribution in [0.3, 0.4) is 0 Å². The summed E-state index contributed by atoms with van der Waals surface area (Å²) in [5, 5.41) is 2.66. The molecule has 0 aliphatic rings. The summed E-state index contributed by atoms with van der Waals surface area (Å²) in [6.45, 7) is 3.47. The maximum Gasteiger partial charge on any atom is 0.251 e. The molecule has 21 heavy (non-hydrogen) atoms. The van der Waals surface area contributed by atoms with E-state index >= 15 is 0 Å². The second-order valence-electron chi connectivity index (χ2n) is 4.93. The van der Waals surface area contributed by atoms with Crippen LogP contribution in [0.1, 0.15) is 34.5 Å². The third kappa shape index (κ3) is 3.37. The molecule has 0 heterocycles. The highest BCUT2D eigenvalue weighted by molar-refractivity contribution is 5.95. The Labute approximate surface area is 121 Å². The van der Waals surface area contributed by atoms with Gasteiger partial charge in [-0.3, -0.25) is 4.79 Å². The molecule has 0 aliphatic heterocycles. The average Bonchev–Trinajstić information content (AvgIpc) is 2.41. The van der Waals surface area contributed by atoms with Gasteiger partial charge in [0.2, 0.25) is 0 Å². The van der Waals surface area contributed by atoms with Crippen molar-refractivity contribution in [3.05, 3.63) is 64.7 Å². The van der Waals surface area contributed by atoms with Gasteiger partial charge >= 0.3 is 0 Å². The van der Waals surface area contributed by atoms with Crippen LogP contribution in [-0.2, 0) is 0 Å². The van der Waals surface area contributed by atoms with Gasteiger partial charge in [0.05, 0.1) is 6.04 Å². The summed E-state index contributed by atoms with van der Waals surface area (Å²) >= 11 is 0. The summed E-state index contributed by atoms with van der Waals surface area (Å²) in [7, 11) is 0. The highest BCUT2D eigenvalue weighted by Gasteiger charge is 2.15. The van der Waals surface area contributed by atoms with Crippen molar-refractivity contribution in [1.29, 1.82) is 0 Å². The van der Waals surface area contributed by atoms with Crippen LogP contribution in [0.5, 0.6) is 0 Å². The lowest BCUT2D eigenvalue weighted by atomic mass is 10.1. The van der Waals surface area contributed by atoms with Crippen molar-refractivity contribution in [2.75, 3.05) is 5.73 Å². The van der Waals surface area contributed by atoms with Crippen LogP contribution in [-0.4, -0.2) is 5.91 Å². The number of aryl methyl sites for hydroxylation is 1. The monoisotopic (exact) mass is 290 g/mol. The second kappa shape index (κ2) is 5.91. The first-order valence-corrected chi connectivity index (χ1v) is 6.50. The van der Waals surface area contributed by atoms with Gasteiger partial charge in [-0.2, -0.15) is 0 Å². The number of rotatable bonds is 3. The summed E-state index contributed by atoms with van der Waals surface area (Å²) in [6.07, 6.45) is 0. The Balaban J connectivity index is 2.16. The second-order valence-corrected chi connectivity index (χ2v) is 4.93. The lowest BCUT2D eigenvalue weighted by molar-refractivity contribution is 0.0939. The molecule has 2 aromatic rings. The highest BCUT2D eigenvalue weighted by atomic mass is 19.1. The minimum Gasteiger partial charge on any atom is -0.398 e. The Morgan fingerprint density at radius 1 is 1.19 bits per heavy atom. The van der Waals surface area contributed by atoms with Gasteiger partial charge in [-0.25, -0.2) is 8.78 Å². The van der Waals surface area contributed by atoms with E-state index in [9.17, 15) is 13.6 Å². The molecule has 0 saturated heterocycles. The molecule has 0 radical (unpaired) electrons. The molecule has 0 aromatic heterocycles. The molecule has 0 spiro atoms. The summed E-state index contributed by atoms with van der Waals surface area (Å²) < 4.78 is 26.5. The van der Waals surface area contributed by atoms with Crippen molar-refractivity contribution in [3.8, 4) is 0 Å². The lowest BCUT2D eigenvalue weighted by Crippen LogP contribution is -2.27. The minimum absolute atomic E-state index is 0.227. The molecule has 1 amide bonds. The zero-order valence-electron chi connectivity index (χ0n) is 11.8. The molecule has 0 bridgehead atoms. The number of hydrogen-bond donors (Lipinski definition) is 2. The fourth-order valence-corrected chi connectivity index (χ4v) is 1.99. The number of hydrogen-bond acceptors (Lipinski definition) is 2. The molecule has 0 saturated carbocycles. The number of nitrogens with one attached hydrogen (secondary N) is 1. The van der Waals surface area contributed by atoms with Gasteiger partial charge < -0.3 is 11.1 Å². The van der Waals surface area contributed by atoms with Crippen LogP contribution < -0.4 is 11.1 Å². The van der Waals surface area contributed by atoms with Crippen LogP contribution in [0.4, 0.5) is 14.5 Å². The maximum absolute atomic E-state index is 13.7. The van der Waals surface area contributed by atoms with Gasteiger partial charge in [-0.15, -0.1) is 0 Å². The largest absolute Gasteiger partial charge is 0.398 e. The predicted molar refractivity (Wildman–Crippen MR) is 77.8 cm³/mol. The van der Waals surface area contributed by atoms with Gasteiger partial charge in [-0.1, -0.05) is 12.1 Å². The van der Waals surface area contributed by atoms with Gasteiger partial charge in [-0.05, 0) is 37.6 Å². The lowest BCUT2D eigenvalue weighted by Gasteiger charge is -2.15. The summed E-state index contributed by atoms with van der Waals surface area (Å²) in [5.74, 6) is -1.70. The van der Waals surface area contributed by atoms with Gasteiger partial charge in [0.1, 0.15) is 11.6 Å². The standard InChI is InChI=1S/C16H16F2N2O/c1-9-3-4-11(7-15(9)19)16(21)20-10(2)13-6-5-12(17)8-14(13)18/h3-8,10H,19H2,1-2H3,(H,20,21). The molecule has 110 valence electrons. The number of carbonyl (C=O) groups is 1. The van der Waals surface area contributed by atoms with E-state index < -0.39 is 17.7 Å². The smallest absolute Gasteiger partial charge is 0.251 e. The van der Waals surface area contributed by atoms with E-state index in [1.807, 2.05) is 6.92 Å². The van der Waals surface area contributed by atoms with Crippen molar-refractivity contribution < 1.29 is 13.6 Å². The molecule has 0 fully saturated rings. The first-order valence-electron chi connectivity index (χ1n) is 6.50. The molecule has 1 unspecified atom stereocenters. The zero-order chi connectivity index (χ0) is 15.6. The number of halogens is 2. The highest BCUT2D eigenvalue weighted by Crippen LogP contribution is 2.19. The molecular weight excluding hydrogens is 274 g/mol. The van der Waals surface area contributed by atoms with Gasteiger partial charge in [0.25, 0.3) is 5.91 Å². The molecule has 5 heteroatoms. The zero-order valence-corrected chi connectivity index (χ0v) is 11.8. The molecule has 0 aliphatic carbocycles. The normalized spacial score (nSPS) is 12.0. The van der Waals surface area contributed by atoms with Crippen molar-refractivity contribution in [2.24, 2.45) is 0 Å². The Hall–Kier alpha value is -2.43. The van der Waals surface area contributed by atoms with Crippen LogP contribution in [0.15, 0.2) is 36.4 Å². The number of nitrogen functional groups attached to an aromatic ring is 1. The fraction of sp³-hybridized carbons (Fsp3) is 0.188. The topological polar surface area (TPSA) is 55.1 Å². The summed E-state index contributed by atoms with van der Waals surface area (Å²) in [6, 6.07) is 7.65. The van der Waals surface area contributed by atoms with Gasteiger partial charge in [0.15, 0.2) is 0 Å². The number of carbonyl (C=O) groups excluding carboxylic acids is 1. The van der Waals surface area contributed by atoms with E-state index in [0.29, 0.717) is 11.3 Å². The van der Waals surface area contributed by atoms with Crippen LogP contribution in [0.2, 0.25) is 0 Å². The number of benzene rings is 2. The van der Waals surface area contributed by atoms with Crippen molar-refractivity contribution in [1.82, 2.24) is 5.32 Å². The Kier molecular flexibility index (Phi) is 4.21. The van der Waals surface area contributed by atoms with E-state index in [0.717, 1.165) is 17.7 Å². The van der Waals surface area contributed by atoms with E-state index in [-0.39, 0.29) is 11.5 Å². The predicted octanol–water partition coefficient (Wildman–Crippen LogP) is 3.35. The van der Waals surface area contributed by atoms with Gasteiger partial charge in [0, 0.05) is 22.9 Å². The molecule has 2 aromatic carbocycles. The van der Waals surface area contributed by atoms with E-state index in [1.165, 1.54) is 6.07 Å². The fourth-order valence-electron chi connectivity index (χ4n) is 1.99. The Bertz CT molecular complexity index is 686. The van der Waals surface area contributed by atoms with Crippen molar-refractivity contribution in [3.63, 3.8) is 0 Å². The van der Waals surface area contributed by atoms with Crippen molar-refractivity contribution >= 4 is 11.6 Å². The molecule has 3 nitrogen and oxygen atoms in total. The molecular formula is C16H16F2N2O. The van der Waals surface area contributed by atoms with Crippen LogP contribution in [0, 0.1) is 18.6 Å². The van der Waals surface area contributed by atoms with E-state index in [1.54, 1.807) is 25.1 Å². The summed E-state index contributed by atoms with van der Waals surface area (Å²) in [5.41, 5.74) is 7.78. The SMILES string of the molecule is Cc1ccc(C(=O)NC(C)c2ccc(F)cc2F)cc1N. The third-order valence-corrected chi connectivity index (χ3v) is 3.32. The maximum atomic E-state index is 13.7. The first-order chi connectivity index (χ1) is 9.88. The molecule has 3 N–H and O–H groups in total. The number of amides is 1. The van der Waals surface area contributed by atoms with Crippen LogP contribution in [0.25, 0.3) is 0 Å². The van der Waals surface area contributed by atoms with E-state index in [2.05, 4.69) is 5.32 Å². The Morgan fingerprint density at radius 2 is 1.90 bits per heavy atom. The molecule has 2 rings (SSSR count). The Morgan fingerprint density at radius 3 is 2.52 bits per heavy atom. The summed E-state index contributed by atoms with van der Waals surface area (Å²) in [4.78, 5) is 12.1. The third-order valence-electron chi connectivity index (χ3n) is 3.32.